The average Bonchev–Trinajstić information content (AvgIpc) is 2.79. The van der Waals surface area contributed by atoms with E-state index in [0.29, 0.717) is 17.9 Å². The van der Waals surface area contributed by atoms with Crippen LogP contribution in [0.25, 0.3) is 0 Å². The van der Waals surface area contributed by atoms with Crippen molar-refractivity contribution in [2.45, 2.75) is 6.61 Å². The minimum Gasteiger partial charge on any atom is -0.487 e. The summed E-state index contributed by atoms with van der Waals surface area (Å²) in [5.74, 6) is 0.685. The van der Waals surface area contributed by atoms with Crippen LogP contribution in [0.2, 0.25) is 0 Å². The summed E-state index contributed by atoms with van der Waals surface area (Å²) in [4.78, 5) is 1.15. The highest BCUT2D eigenvalue weighted by atomic mass is 32.1. The number of ether oxygens (including phenoxy) is 1. The lowest BCUT2D eigenvalue weighted by atomic mass is 10.2. The van der Waals surface area contributed by atoms with Gasteiger partial charge in [-0.1, -0.05) is 18.2 Å². The molecule has 0 aliphatic carbocycles. The Morgan fingerprint density at radius 1 is 1.25 bits per heavy atom. The topological polar surface area (TPSA) is 59.1 Å². The van der Waals surface area contributed by atoms with Crippen LogP contribution < -0.4 is 10.5 Å². The zero-order chi connectivity index (χ0) is 11.4. The molecule has 0 spiro atoms. The third-order valence-corrected chi connectivity index (χ3v) is 2.98. The van der Waals surface area contributed by atoms with Crippen molar-refractivity contribution >= 4 is 17.2 Å². The molecule has 0 bridgehead atoms. The van der Waals surface area contributed by atoms with Gasteiger partial charge < -0.3 is 10.5 Å². The van der Waals surface area contributed by atoms with E-state index in [1.807, 2.05) is 35.7 Å². The lowest BCUT2D eigenvalue weighted by Crippen LogP contribution is -2.12. The number of nitrogens with two attached hydrogens (primary N) is 1. The van der Waals surface area contributed by atoms with Crippen molar-refractivity contribution in [1.82, 2.24) is 0 Å². The summed E-state index contributed by atoms with van der Waals surface area (Å²) >= 11 is 1.65. The minimum atomic E-state index is 0.0294. The number of nitrogen functional groups attached to an aromatic ring is 1. The van der Waals surface area contributed by atoms with Crippen LogP contribution in [0.15, 0.2) is 41.8 Å². The first-order valence-corrected chi connectivity index (χ1v) is 5.74. The summed E-state index contributed by atoms with van der Waals surface area (Å²) in [6.45, 7) is 0.516. The van der Waals surface area contributed by atoms with E-state index >= 15 is 0 Å². The molecule has 0 saturated carbocycles. The number of nitrogens with one attached hydrogen (secondary N) is 1. The van der Waals surface area contributed by atoms with Crippen LogP contribution in [0.4, 0.5) is 0 Å². The van der Waals surface area contributed by atoms with E-state index in [9.17, 15) is 0 Å². The molecule has 0 unspecified atom stereocenters. The number of benzene rings is 1. The molecule has 2 aromatic rings. The lowest BCUT2D eigenvalue weighted by molar-refractivity contribution is 0.309. The molecule has 3 N–H and O–H groups in total. The van der Waals surface area contributed by atoms with Gasteiger partial charge in [-0.05, 0) is 23.6 Å². The first kappa shape index (κ1) is 10.7. The van der Waals surface area contributed by atoms with E-state index in [2.05, 4.69) is 0 Å². The smallest absolute Gasteiger partial charge is 0.130 e. The van der Waals surface area contributed by atoms with Crippen molar-refractivity contribution in [2.75, 3.05) is 0 Å². The summed E-state index contributed by atoms with van der Waals surface area (Å²) in [5.41, 5.74) is 6.11. The highest BCUT2D eigenvalue weighted by Crippen LogP contribution is 2.19. The highest BCUT2D eigenvalue weighted by molar-refractivity contribution is 7.09. The minimum absolute atomic E-state index is 0.0294. The van der Waals surface area contributed by atoms with Crippen LogP contribution in [0.3, 0.4) is 0 Å². The van der Waals surface area contributed by atoms with Crippen LogP contribution in [-0.4, -0.2) is 5.84 Å². The van der Waals surface area contributed by atoms with Crippen molar-refractivity contribution in [3.8, 4) is 5.75 Å². The molecule has 0 aliphatic heterocycles. The predicted octanol–water partition coefficient (Wildman–Crippen LogP) is 2.61. The third-order valence-electron chi connectivity index (χ3n) is 2.13. The van der Waals surface area contributed by atoms with Gasteiger partial charge >= 0.3 is 0 Å². The molecule has 3 nitrogen and oxygen atoms in total. The monoisotopic (exact) mass is 232 g/mol. The second kappa shape index (κ2) is 4.81. The molecule has 1 aromatic carbocycles. The van der Waals surface area contributed by atoms with E-state index < -0.39 is 0 Å². The fourth-order valence-corrected chi connectivity index (χ4v) is 1.97. The maximum Gasteiger partial charge on any atom is 0.130 e. The number of hydrogen-bond acceptors (Lipinski definition) is 3. The Labute approximate surface area is 98.0 Å². The normalized spacial score (nSPS) is 10.0. The fraction of sp³-hybridized carbons (Fsp3) is 0.0833. The Bertz CT molecular complexity index is 480. The van der Waals surface area contributed by atoms with Crippen molar-refractivity contribution in [3.63, 3.8) is 0 Å². The summed E-state index contributed by atoms with van der Waals surface area (Å²) in [6.07, 6.45) is 0. The largest absolute Gasteiger partial charge is 0.487 e. The van der Waals surface area contributed by atoms with Gasteiger partial charge in [0.1, 0.15) is 18.2 Å². The zero-order valence-electron chi connectivity index (χ0n) is 8.64. The SMILES string of the molecule is N=C(N)c1ccccc1OCc1cccs1. The van der Waals surface area contributed by atoms with Crippen molar-refractivity contribution in [2.24, 2.45) is 5.73 Å². The van der Waals surface area contributed by atoms with E-state index in [-0.39, 0.29) is 5.84 Å². The van der Waals surface area contributed by atoms with Crippen molar-refractivity contribution in [3.05, 3.63) is 52.2 Å². The Kier molecular flexibility index (Phi) is 3.22. The fourth-order valence-electron chi connectivity index (χ4n) is 1.36. The van der Waals surface area contributed by atoms with Crippen molar-refractivity contribution < 1.29 is 4.74 Å². The standard InChI is InChI=1S/C12H12N2OS/c13-12(14)10-5-1-2-6-11(10)15-8-9-4-3-7-16-9/h1-7H,8H2,(H3,13,14). The van der Waals surface area contributed by atoms with Gasteiger partial charge in [0, 0.05) is 4.88 Å². The summed E-state index contributed by atoms with van der Waals surface area (Å²) in [5, 5.41) is 9.44. The molecule has 0 radical (unpaired) electrons. The average molecular weight is 232 g/mol. The van der Waals surface area contributed by atoms with Gasteiger partial charge in [0.15, 0.2) is 0 Å². The second-order valence-electron chi connectivity index (χ2n) is 3.28. The van der Waals surface area contributed by atoms with Gasteiger partial charge in [-0.3, -0.25) is 5.41 Å². The maximum atomic E-state index is 7.43. The Morgan fingerprint density at radius 3 is 2.75 bits per heavy atom. The van der Waals surface area contributed by atoms with Crippen LogP contribution in [-0.2, 0) is 6.61 Å². The third kappa shape index (κ3) is 2.41. The number of hydrogen-bond donors (Lipinski definition) is 2. The first-order valence-electron chi connectivity index (χ1n) is 4.86. The molecular weight excluding hydrogens is 220 g/mol. The Balaban J connectivity index is 2.12. The molecule has 2 rings (SSSR count). The molecule has 1 aromatic heterocycles. The molecule has 0 aliphatic rings. The lowest BCUT2D eigenvalue weighted by Gasteiger charge is -2.09. The van der Waals surface area contributed by atoms with Crippen LogP contribution in [0.5, 0.6) is 5.75 Å². The van der Waals surface area contributed by atoms with E-state index in [1.165, 1.54) is 0 Å². The van der Waals surface area contributed by atoms with Gasteiger partial charge in [0.05, 0.1) is 5.56 Å². The van der Waals surface area contributed by atoms with Gasteiger partial charge in [0.2, 0.25) is 0 Å². The van der Waals surface area contributed by atoms with Gasteiger partial charge in [-0.2, -0.15) is 0 Å². The zero-order valence-corrected chi connectivity index (χ0v) is 9.46. The molecule has 1 heterocycles. The predicted molar refractivity (Wildman–Crippen MR) is 66.1 cm³/mol. The molecule has 16 heavy (non-hydrogen) atoms. The number of thiophene rings is 1. The van der Waals surface area contributed by atoms with E-state index in [0.717, 1.165) is 4.88 Å². The molecular formula is C12H12N2OS. The molecule has 0 saturated heterocycles. The number of rotatable bonds is 4. The van der Waals surface area contributed by atoms with E-state index in [4.69, 9.17) is 15.9 Å². The molecule has 0 amide bonds. The summed E-state index contributed by atoms with van der Waals surface area (Å²) < 4.78 is 5.63. The van der Waals surface area contributed by atoms with Crippen LogP contribution >= 0.6 is 11.3 Å². The van der Waals surface area contributed by atoms with E-state index in [1.54, 1.807) is 17.4 Å². The van der Waals surface area contributed by atoms with Crippen LogP contribution in [0.1, 0.15) is 10.4 Å². The first-order chi connectivity index (χ1) is 7.77. The molecule has 0 atom stereocenters. The Morgan fingerprint density at radius 2 is 2.06 bits per heavy atom. The van der Waals surface area contributed by atoms with Crippen molar-refractivity contribution in [1.29, 1.82) is 5.41 Å². The van der Waals surface area contributed by atoms with Gasteiger partial charge in [-0.25, -0.2) is 0 Å². The van der Waals surface area contributed by atoms with Gasteiger partial charge in [-0.15, -0.1) is 11.3 Å². The van der Waals surface area contributed by atoms with Crippen LogP contribution in [0, 0.1) is 5.41 Å². The summed E-state index contributed by atoms with van der Waals surface area (Å²) in [6, 6.07) is 11.3. The number of amidine groups is 1. The molecule has 4 heteroatoms. The summed E-state index contributed by atoms with van der Waals surface area (Å²) in [7, 11) is 0. The highest BCUT2D eigenvalue weighted by Gasteiger charge is 2.05. The molecule has 82 valence electrons. The second-order valence-corrected chi connectivity index (χ2v) is 4.31. The maximum absolute atomic E-state index is 7.43. The molecule has 0 fully saturated rings. The number of para-hydroxylation sites is 1. The Hall–Kier alpha value is -1.81. The quantitative estimate of drug-likeness (QED) is 0.629. The van der Waals surface area contributed by atoms with Gasteiger partial charge in [0.25, 0.3) is 0 Å².